The minimum atomic E-state index is -0.135. The number of rotatable bonds is 7. The molecule has 0 bridgehead atoms. The van der Waals surface area contributed by atoms with Crippen molar-refractivity contribution < 1.29 is 9.53 Å². The standard InChI is InChI=1S/C23H28N2O2/c1-3-27-19(2)23(26)25(21-12-8-5-9-13-21)22-14-16-24(17-15-22)18-20-10-6-4-7-11-20/h4-13,22H,2-3,14-18H2,1H3. The molecule has 0 unspecified atom stereocenters. The maximum atomic E-state index is 13.0. The van der Waals surface area contributed by atoms with Crippen LogP contribution in [0, 0.1) is 0 Å². The summed E-state index contributed by atoms with van der Waals surface area (Å²) in [7, 11) is 0. The Labute approximate surface area is 162 Å². The average Bonchev–Trinajstić information content (AvgIpc) is 2.71. The number of ether oxygens (including phenoxy) is 1. The van der Waals surface area contributed by atoms with E-state index in [1.807, 2.05) is 48.2 Å². The molecule has 2 aromatic rings. The third-order valence-corrected chi connectivity index (χ3v) is 4.98. The summed E-state index contributed by atoms with van der Waals surface area (Å²) in [5.41, 5.74) is 2.24. The molecule has 1 fully saturated rings. The van der Waals surface area contributed by atoms with Crippen molar-refractivity contribution in [2.45, 2.75) is 32.4 Å². The first-order valence-electron chi connectivity index (χ1n) is 9.65. The van der Waals surface area contributed by atoms with Gasteiger partial charge in [-0.1, -0.05) is 55.1 Å². The van der Waals surface area contributed by atoms with Crippen molar-refractivity contribution in [2.24, 2.45) is 0 Å². The number of nitrogens with zero attached hydrogens (tertiary/aromatic N) is 2. The molecule has 1 saturated heterocycles. The fraction of sp³-hybridized carbons (Fsp3) is 0.348. The highest BCUT2D eigenvalue weighted by molar-refractivity contribution is 6.04. The molecule has 0 N–H and O–H groups in total. The smallest absolute Gasteiger partial charge is 0.292 e. The summed E-state index contributed by atoms with van der Waals surface area (Å²) in [5, 5.41) is 0. The molecule has 0 spiro atoms. The highest BCUT2D eigenvalue weighted by atomic mass is 16.5. The molecule has 142 valence electrons. The number of anilines is 1. The van der Waals surface area contributed by atoms with Gasteiger partial charge in [0, 0.05) is 31.4 Å². The van der Waals surface area contributed by atoms with E-state index in [9.17, 15) is 4.79 Å². The minimum absolute atomic E-state index is 0.135. The van der Waals surface area contributed by atoms with Crippen molar-refractivity contribution in [3.63, 3.8) is 0 Å². The predicted molar refractivity (Wildman–Crippen MR) is 109 cm³/mol. The van der Waals surface area contributed by atoms with Gasteiger partial charge in [-0.05, 0) is 37.5 Å². The van der Waals surface area contributed by atoms with Crippen LogP contribution in [0.4, 0.5) is 5.69 Å². The van der Waals surface area contributed by atoms with Crippen LogP contribution >= 0.6 is 0 Å². The summed E-state index contributed by atoms with van der Waals surface area (Å²) >= 11 is 0. The van der Waals surface area contributed by atoms with Crippen LogP contribution in [0.25, 0.3) is 0 Å². The molecule has 0 aliphatic carbocycles. The maximum absolute atomic E-state index is 13.0. The number of likely N-dealkylation sites (tertiary alicyclic amines) is 1. The van der Waals surface area contributed by atoms with Gasteiger partial charge in [-0.3, -0.25) is 9.69 Å². The van der Waals surface area contributed by atoms with Gasteiger partial charge in [0.1, 0.15) is 0 Å². The van der Waals surface area contributed by atoms with Gasteiger partial charge in [0.2, 0.25) is 0 Å². The quantitative estimate of drug-likeness (QED) is 0.544. The lowest BCUT2D eigenvalue weighted by atomic mass is 10.0. The Hall–Kier alpha value is -2.59. The number of hydrogen-bond acceptors (Lipinski definition) is 3. The van der Waals surface area contributed by atoms with Crippen molar-refractivity contribution in [2.75, 3.05) is 24.6 Å². The Morgan fingerprint density at radius 1 is 1.07 bits per heavy atom. The fourth-order valence-electron chi connectivity index (χ4n) is 3.63. The van der Waals surface area contributed by atoms with E-state index in [0.717, 1.165) is 38.2 Å². The van der Waals surface area contributed by atoms with E-state index in [2.05, 4.69) is 35.7 Å². The number of piperidine rings is 1. The largest absolute Gasteiger partial charge is 0.489 e. The molecular formula is C23H28N2O2. The van der Waals surface area contributed by atoms with Crippen LogP contribution in [-0.4, -0.2) is 36.5 Å². The first-order valence-corrected chi connectivity index (χ1v) is 9.65. The number of para-hydroxylation sites is 1. The van der Waals surface area contributed by atoms with Crippen LogP contribution in [-0.2, 0) is 16.1 Å². The van der Waals surface area contributed by atoms with Gasteiger partial charge in [-0.15, -0.1) is 0 Å². The summed E-state index contributed by atoms with van der Waals surface area (Å²) in [6.45, 7) is 9.04. The topological polar surface area (TPSA) is 32.8 Å². The lowest BCUT2D eigenvalue weighted by molar-refractivity contribution is -0.119. The zero-order valence-corrected chi connectivity index (χ0v) is 16.0. The van der Waals surface area contributed by atoms with E-state index in [4.69, 9.17) is 4.74 Å². The average molecular weight is 364 g/mol. The van der Waals surface area contributed by atoms with Gasteiger partial charge in [-0.2, -0.15) is 0 Å². The Bertz CT molecular complexity index is 737. The van der Waals surface area contributed by atoms with E-state index in [0.29, 0.717) is 6.61 Å². The number of carbonyl (C=O) groups is 1. The first-order chi connectivity index (χ1) is 13.2. The number of amides is 1. The van der Waals surface area contributed by atoms with Crippen molar-refractivity contribution >= 4 is 11.6 Å². The molecule has 0 aromatic heterocycles. The predicted octanol–water partition coefficient (Wildman–Crippen LogP) is 4.23. The highest BCUT2D eigenvalue weighted by Gasteiger charge is 2.30. The van der Waals surface area contributed by atoms with E-state index < -0.39 is 0 Å². The summed E-state index contributed by atoms with van der Waals surface area (Å²) in [5.74, 6) is 0.0811. The van der Waals surface area contributed by atoms with Gasteiger partial charge in [0.05, 0.1) is 6.61 Å². The molecule has 0 radical (unpaired) electrons. The number of benzene rings is 2. The van der Waals surface area contributed by atoms with Gasteiger partial charge in [0.15, 0.2) is 5.76 Å². The van der Waals surface area contributed by atoms with Crippen LogP contribution < -0.4 is 4.90 Å². The monoisotopic (exact) mass is 364 g/mol. The van der Waals surface area contributed by atoms with E-state index >= 15 is 0 Å². The molecule has 2 aromatic carbocycles. The normalized spacial score (nSPS) is 15.3. The van der Waals surface area contributed by atoms with Crippen LogP contribution in [0.1, 0.15) is 25.3 Å². The van der Waals surface area contributed by atoms with Crippen molar-refractivity contribution in [3.05, 3.63) is 78.6 Å². The first kappa shape index (κ1) is 19.2. The van der Waals surface area contributed by atoms with Gasteiger partial charge in [-0.25, -0.2) is 0 Å². The minimum Gasteiger partial charge on any atom is -0.489 e. The molecule has 0 saturated carbocycles. The molecule has 27 heavy (non-hydrogen) atoms. The van der Waals surface area contributed by atoms with E-state index in [1.165, 1.54) is 5.56 Å². The van der Waals surface area contributed by atoms with Gasteiger partial charge in [0.25, 0.3) is 5.91 Å². The lowest BCUT2D eigenvalue weighted by Crippen LogP contribution is -2.48. The van der Waals surface area contributed by atoms with Gasteiger partial charge < -0.3 is 9.64 Å². The van der Waals surface area contributed by atoms with Crippen LogP contribution in [0.2, 0.25) is 0 Å². The van der Waals surface area contributed by atoms with Crippen LogP contribution in [0.3, 0.4) is 0 Å². The Morgan fingerprint density at radius 2 is 1.67 bits per heavy atom. The number of carbonyl (C=O) groups excluding carboxylic acids is 1. The third kappa shape index (κ3) is 4.98. The molecule has 1 amide bonds. The molecule has 3 rings (SSSR count). The summed E-state index contributed by atoms with van der Waals surface area (Å²) < 4.78 is 5.40. The Balaban J connectivity index is 1.69. The lowest BCUT2D eigenvalue weighted by Gasteiger charge is -2.38. The SMILES string of the molecule is C=C(OCC)C(=O)N(c1ccccc1)C1CCN(Cc2ccccc2)CC1. The second kappa shape index (κ2) is 9.38. The second-order valence-corrected chi connectivity index (χ2v) is 6.86. The molecular weight excluding hydrogens is 336 g/mol. The molecule has 0 atom stereocenters. The molecule has 1 aliphatic rings. The summed E-state index contributed by atoms with van der Waals surface area (Å²) in [6.07, 6.45) is 1.87. The molecule has 1 heterocycles. The van der Waals surface area contributed by atoms with E-state index in [1.54, 1.807) is 0 Å². The molecule has 1 aliphatic heterocycles. The summed E-state index contributed by atoms with van der Waals surface area (Å²) in [6, 6.07) is 20.5. The third-order valence-electron chi connectivity index (χ3n) is 4.98. The van der Waals surface area contributed by atoms with Crippen molar-refractivity contribution in [3.8, 4) is 0 Å². The zero-order valence-electron chi connectivity index (χ0n) is 16.0. The molecule has 4 nitrogen and oxygen atoms in total. The number of hydrogen-bond donors (Lipinski definition) is 0. The fourth-order valence-corrected chi connectivity index (χ4v) is 3.63. The van der Waals surface area contributed by atoms with Gasteiger partial charge >= 0.3 is 0 Å². The van der Waals surface area contributed by atoms with Crippen molar-refractivity contribution in [1.82, 2.24) is 4.90 Å². The second-order valence-electron chi connectivity index (χ2n) is 6.86. The Kier molecular flexibility index (Phi) is 6.66. The summed E-state index contributed by atoms with van der Waals surface area (Å²) in [4.78, 5) is 17.3. The molecule has 4 heteroatoms. The van der Waals surface area contributed by atoms with Crippen LogP contribution in [0.5, 0.6) is 0 Å². The Morgan fingerprint density at radius 3 is 2.26 bits per heavy atom. The van der Waals surface area contributed by atoms with Crippen molar-refractivity contribution in [1.29, 1.82) is 0 Å². The zero-order chi connectivity index (χ0) is 19.1. The maximum Gasteiger partial charge on any atom is 0.292 e. The highest BCUT2D eigenvalue weighted by Crippen LogP contribution is 2.26. The van der Waals surface area contributed by atoms with Crippen LogP contribution in [0.15, 0.2) is 73.0 Å². The van der Waals surface area contributed by atoms with E-state index in [-0.39, 0.29) is 17.7 Å².